The van der Waals surface area contributed by atoms with E-state index in [4.69, 9.17) is 15.3 Å². The fraction of sp³-hybridized carbons (Fsp3) is 0.214. The minimum Gasteiger partial charge on any atom is -0.492 e. The van der Waals surface area contributed by atoms with Crippen molar-refractivity contribution in [2.45, 2.75) is 12.8 Å². The number of aromatic carboxylic acids is 1. The first kappa shape index (κ1) is 14.9. The van der Waals surface area contributed by atoms with E-state index in [1.165, 1.54) is 12.3 Å². The summed E-state index contributed by atoms with van der Waals surface area (Å²) in [5, 5.41) is 29.6. The molecule has 106 valence electrons. The lowest BCUT2D eigenvalue weighted by atomic mass is 10.00. The number of nitrogens with one attached hydrogen (secondary N) is 1. The Balaban J connectivity index is 2.53. The van der Waals surface area contributed by atoms with Crippen LogP contribution in [-0.4, -0.2) is 17.7 Å². The Labute approximate surface area is 129 Å². The van der Waals surface area contributed by atoms with Gasteiger partial charge in [0.15, 0.2) is 0 Å². The number of hydrogen-bond donors (Lipinski definition) is 2. The maximum atomic E-state index is 11.3. The molecule has 1 aromatic carbocycles. The van der Waals surface area contributed by atoms with E-state index < -0.39 is 5.97 Å². The van der Waals surface area contributed by atoms with Gasteiger partial charge in [-0.1, -0.05) is 0 Å². The first-order valence-corrected chi connectivity index (χ1v) is 6.86. The number of halogens is 1. The molecular formula is C14H10BrN3O3. The molecule has 0 saturated heterocycles. The van der Waals surface area contributed by atoms with E-state index in [0.29, 0.717) is 28.9 Å². The van der Waals surface area contributed by atoms with Gasteiger partial charge in [0, 0.05) is 16.2 Å². The number of hydrogen-bond acceptors (Lipinski definition) is 5. The van der Waals surface area contributed by atoms with E-state index in [-0.39, 0.29) is 11.1 Å². The summed E-state index contributed by atoms with van der Waals surface area (Å²) in [6, 6.07) is 4.94. The van der Waals surface area contributed by atoms with E-state index >= 15 is 0 Å². The summed E-state index contributed by atoms with van der Waals surface area (Å²) >= 11 is 3.31. The molecule has 6 nitrogen and oxygen atoms in total. The van der Waals surface area contributed by atoms with Crippen LogP contribution in [0.3, 0.4) is 0 Å². The van der Waals surface area contributed by atoms with Gasteiger partial charge >= 0.3 is 5.97 Å². The predicted octanol–water partition coefficient (Wildman–Crippen LogP) is 2.82. The van der Waals surface area contributed by atoms with Gasteiger partial charge in [-0.3, -0.25) is 0 Å². The molecule has 2 rings (SSSR count). The summed E-state index contributed by atoms with van der Waals surface area (Å²) in [5.41, 5.74) is 1.35. The summed E-state index contributed by atoms with van der Waals surface area (Å²) in [5.74, 6) is -0.728. The molecule has 1 heterocycles. The first-order chi connectivity index (χ1) is 10.1. The van der Waals surface area contributed by atoms with E-state index in [1.54, 1.807) is 12.1 Å². The van der Waals surface area contributed by atoms with Crippen LogP contribution < -0.4 is 10.1 Å². The number of nitriles is 2. The van der Waals surface area contributed by atoms with Crippen LogP contribution in [0.4, 0.5) is 5.69 Å². The highest BCUT2D eigenvalue weighted by molar-refractivity contribution is 9.10. The minimum absolute atomic E-state index is 0.0744. The molecule has 0 saturated carbocycles. The van der Waals surface area contributed by atoms with Crippen molar-refractivity contribution in [1.29, 1.82) is 10.5 Å². The number of ether oxygens (including phenoxy) is 1. The SMILES string of the molecule is N#CC(C#N)=CNc1c(Br)cc(C(=O)O)c2c1CCCO2. The van der Waals surface area contributed by atoms with Crippen LogP contribution in [0, 0.1) is 22.7 Å². The van der Waals surface area contributed by atoms with Crippen molar-refractivity contribution in [3.05, 3.63) is 33.4 Å². The second kappa shape index (κ2) is 6.29. The lowest BCUT2D eigenvalue weighted by Gasteiger charge is -2.23. The Hall–Kier alpha value is -2.51. The van der Waals surface area contributed by atoms with Gasteiger partial charge in [0.25, 0.3) is 0 Å². The van der Waals surface area contributed by atoms with Crippen LogP contribution in [-0.2, 0) is 6.42 Å². The molecule has 2 N–H and O–H groups in total. The molecule has 0 aliphatic carbocycles. The van der Waals surface area contributed by atoms with Gasteiger partial charge in [0.1, 0.15) is 29.0 Å². The number of allylic oxidation sites excluding steroid dienone is 1. The molecule has 1 aliphatic rings. The average molecular weight is 348 g/mol. The molecule has 0 bridgehead atoms. The molecular weight excluding hydrogens is 338 g/mol. The quantitative estimate of drug-likeness (QED) is 0.814. The molecule has 21 heavy (non-hydrogen) atoms. The van der Waals surface area contributed by atoms with Gasteiger partial charge in [0.05, 0.1) is 12.3 Å². The van der Waals surface area contributed by atoms with E-state index in [1.807, 2.05) is 0 Å². The van der Waals surface area contributed by atoms with Crippen LogP contribution >= 0.6 is 15.9 Å². The zero-order chi connectivity index (χ0) is 15.4. The maximum absolute atomic E-state index is 11.3. The highest BCUT2D eigenvalue weighted by Gasteiger charge is 2.24. The summed E-state index contributed by atoms with van der Waals surface area (Å²) in [6.07, 6.45) is 2.71. The molecule has 0 fully saturated rings. The van der Waals surface area contributed by atoms with Crippen molar-refractivity contribution in [2.75, 3.05) is 11.9 Å². The standard InChI is InChI=1S/C14H10BrN3O3/c15-11-4-10(14(19)20)13-9(2-1-3-21-13)12(11)18-7-8(5-16)6-17/h4,7,18H,1-3H2,(H,19,20). The fourth-order valence-corrected chi connectivity index (χ4v) is 2.64. The van der Waals surface area contributed by atoms with Gasteiger partial charge in [-0.05, 0) is 34.8 Å². The summed E-state index contributed by atoms with van der Waals surface area (Å²) in [7, 11) is 0. The third-order valence-electron chi connectivity index (χ3n) is 2.98. The zero-order valence-electron chi connectivity index (χ0n) is 10.8. The number of rotatable bonds is 3. The largest absolute Gasteiger partial charge is 0.492 e. The van der Waals surface area contributed by atoms with Crippen molar-refractivity contribution in [1.82, 2.24) is 0 Å². The van der Waals surface area contributed by atoms with Crippen molar-refractivity contribution in [2.24, 2.45) is 0 Å². The Kier molecular flexibility index (Phi) is 4.46. The van der Waals surface area contributed by atoms with Gasteiger partial charge in [0.2, 0.25) is 0 Å². The number of benzene rings is 1. The van der Waals surface area contributed by atoms with E-state index in [2.05, 4.69) is 21.2 Å². The second-order valence-electron chi connectivity index (χ2n) is 4.27. The average Bonchev–Trinajstić information content (AvgIpc) is 2.49. The maximum Gasteiger partial charge on any atom is 0.339 e. The smallest absolute Gasteiger partial charge is 0.339 e. The number of carboxylic acids is 1. The van der Waals surface area contributed by atoms with Crippen molar-refractivity contribution < 1.29 is 14.6 Å². The number of anilines is 1. The van der Waals surface area contributed by atoms with Crippen LogP contribution in [0.5, 0.6) is 5.75 Å². The molecule has 0 unspecified atom stereocenters. The monoisotopic (exact) mass is 347 g/mol. The van der Waals surface area contributed by atoms with E-state index in [0.717, 1.165) is 12.0 Å². The van der Waals surface area contributed by atoms with Crippen molar-refractivity contribution >= 4 is 27.6 Å². The topological polar surface area (TPSA) is 106 Å². The summed E-state index contributed by atoms with van der Waals surface area (Å²) < 4.78 is 6.02. The Bertz CT molecular complexity index is 698. The second-order valence-corrected chi connectivity index (χ2v) is 5.13. The predicted molar refractivity (Wildman–Crippen MR) is 77.8 cm³/mol. The van der Waals surface area contributed by atoms with E-state index in [9.17, 15) is 9.90 Å². The zero-order valence-corrected chi connectivity index (χ0v) is 12.4. The lowest BCUT2D eigenvalue weighted by Crippen LogP contribution is -2.15. The minimum atomic E-state index is -1.06. The molecule has 1 aliphatic heterocycles. The third-order valence-corrected chi connectivity index (χ3v) is 3.61. The van der Waals surface area contributed by atoms with Crippen LogP contribution in [0.2, 0.25) is 0 Å². The third kappa shape index (κ3) is 2.99. The molecule has 0 radical (unpaired) electrons. The summed E-state index contributed by atoms with van der Waals surface area (Å²) in [4.78, 5) is 11.3. The van der Waals surface area contributed by atoms with Crippen LogP contribution in [0.15, 0.2) is 22.3 Å². The van der Waals surface area contributed by atoms with Gasteiger partial charge in [-0.25, -0.2) is 4.79 Å². The van der Waals surface area contributed by atoms with Gasteiger partial charge in [-0.15, -0.1) is 0 Å². The molecule has 1 aromatic rings. The number of carbonyl (C=O) groups is 1. The lowest BCUT2D eigenvalue weighted by molar-refractivity contribution is 0.0691. The Morgan fingerprint density at radius 3 is 2.81 bits per heavy atom. The number of fused-ring (bicyclic) bond motifs is 1. The van der Waals surface area contributed by atoms with Gasteiger partial charge < -0.3 is 15.2 Å². The van der Waals surface area contributed by atoms with Crippen molar-refractivity contribution in [3.63, 3.8) is 0 Å². The molecule has 0 atom stereocenters. The highest BCUT2D eigenvalue weighted by atomic mass is 79.9. The molecule has 7 heteroatoms. The number of nitrogens with zero attached hydrogens (tertiary/aromatic N) is 2. The molecule has 0 amide bonds. The molecule has 0 spiro atoms. The molecule has 0 aromatic heterocycles. The highest BCUT2D eigenvalue weighted by Crippen LogP contribution is 2.40. The van der Waals surface area contributed by atoms with Crippen molar-refractivity contribution in [3.8, 4) is 17.9 Å². The normalized spacial score (nSPS) is 12.1. The van der Waals surface area contributed by atoms with Crippen LogP contribution in [0.1, 0.15) is 22.3 Å². The van der Waals surface area contributed by atoms with Crippen LogP contribution in [0.25, 0.3) is 0 Å². The first-order valence-electron chi connectivity index (χ1n) is 6.06. The van der Waals surface area contributed by atoms with Gasteiger partial charge in [-0.2, -0.15) is 10.5 Å². The Morgan fingerprint density at radius 2 is 2.19 bits per heavy atom. The Morgan fingerprint density at radius 1 is 1.48 bits per heavy atom. The fourth-order valence-electron chi connectivity index (χ4n) is 2.06. The number of carboxylic acid groups (broad SMARTS) is 1. The summed E-state index contributed by atoms with van der Waals surface area (Å²) in [6.45, 7) is 0.464.